The summed E-state index contributed by atoms with van der Waals surface area (Å²) in [4.78, 5) is 12.1. The van der Waals surface area contributed by atoms with Gasteiger partial charge in [0.25, 0.3) is 5.91 Å². The Morgan fingerprint density at radius 1 is 1.15 bits per heavy atom. The highest BCUT2D eigenvalue weighted by Crippen LogP contribution is 2.29. The van der Waals surface area contributed by atoms with E-state index in [0.717, 1.165) is 22.4 Å². The van der Waals surface area contributed by atoms with Crippen molar-refractivity contribution in [3.8, 4) is 11.5 Å². The van der Waals surface area contributed by atoms with Crippen molar-refractivity contribution in [1.29, 1.82) is 0 Å². The van der Waals surface area contributed by atoms with Crippen LogP contribution in [0.4, 0.5) is 0 Å². The largest absolute Gasteiger partial charge is 0.496 e. The number of nitrogens with one attached hydrogen (secondary N) is 1. The minimum atomic E-state index is -0.641. The fourth-order valence-corrected chi connectivity index (χ4v) is 2.50. The first-order valence-electron chi connectivity index (χ1n) is 8.65. The van der Waals surface area contributed by atoms with E-state index in [-0.39, 0.29) is 5.91 Å². The van der Waals surface area contributed by atoms with Crippen molar-refractivity contribution in [3.05, 3.63) is 59.2 Å². The molecular formula is C21H26N2O3. The molecule has 5 nitrogen and oxygen atoms in total. The van der Waals surface area contributed by atoms with Gasteiger partial charge in [-0.15, -0.1) is 0 Å². The number of hydrogen-bond acceptors (Lipinski definition) is 4. The van der Waals surface area contributed by atoms with E-state index in [2.05, 4.69) is 24.4 Å². The summed E-state index contributed by atoms with van der Waals surface area (Å²) in [7, 11) is 1.67. The highest BCUT2D eigenvalue weighted by Gasteiger charge is 2.14. The quantitative estimate of drug-likeness (QED) is 0.603. The molecule has 1 unspecified atom stereocenters. The van der Waals surface area contributed by atoms with E-state index in [0.29, 0.717) is 11.7 Å². The number of hydrogen-bond donors (Lipinski definition) is 1. The summed E-state index contributed by atoms with van der Waals surface area (Å²) in [5.74, 6) is 1.53. The molecule has 0 aliphatic heterocycles. The van der Waals surface area contributed by atoms with Crippen LogP contribution in [0.25, 0.3) is 0 Å². The lowest BCUT2D eigenvalue weighted by atomic mass is 9.97. The first-order chi connectivity index (χ1) is 12.4. The number of benzene rings is 2. The molecule has 0 fully saturated rings. The van der Waals surface area contributed by atoms with Crippen LogP contribution in [0.3, 0.4) is 0 Å². The molecule has 26 heavy (non-hydrogen) atoms. The van der Waals surface area contributed by atoms with Crippen LogP contribution in [0, 0.1) is 6.92 Å². The predicted molar refractivity (Wildman–Crippen MR) is 104 cm³/mol. The van der Waals surface area contributed by atoms with E-state index < -0.39 is 6.10 Å². The molecule has 2 rings (SSSR count). The molecule has 0 saturated heterocycles. The number of amides is 1. The van der Waals surface area contributed by atoms with Crippen LogP contribution < -0.4 is 14.9 Å². The van der Waals surface area contributed by atoms with Crippen LogP contribution in [0.5, 0.6) is 11.5 Å². The van der Waals surface area contributed by atoms with E-state index >= 15 is 0 Å². The van der Waals surface area contributed by atoms with Gasteiger partial charge in [-0.05, 0) is 60.7 Å². The highest BCUT2D eigenvalue weighted by molar-refractivity contribution is 5.85. The van der Waals surface area contributed by atoms with E-state index in [1.54, 1.807) is 32.4 Å². The van der Waals surface area contributed by atoms with Gasteiger partial charge in [0.15, 0.2) is 6.10 Å². The SMILES string of the molecule is COc1cc(C)c(/C=N/NC(=O)C(C)Oc2ccccc2)cc1C(C)C. The Labute approximate surface area is 155 Å². The summed E-state index contributed by atoms with van der Waals surface area (Å²) >= 11 is 0. The van der Waals surface area contributed by atoms with Gasteiger partial charge < -0.3 is 9.47 Å². The molecule has 1 N–H and O–H groups in total. The predicted octanol–water partition coefficient (Wildman–Crippen LogP) is 4.04. The van der Waals surface area contributed by atoms with Gasteiger partial charge in [-0.3, -0.25) is 4.79 Å². The Balaban J connectivity index is 2.03. The smallest absolute Gasteiger partial charge is 0.280 e. The average Bonchev–Trinajstić information content (AvgIpc) is 2.63. The molecular weight excluding hydrogens is 328 g/mol. The Kier molecular flexibility index (Phi) is 6.78. The standard InChI is InChI=1S/C21H26N2O3/c1-14(2)19-12-17(15(3)11-20(19)25-5)13-22-23-21(24)16(4)26-18-9-7-6-8-10-18/h6-14,16H,1-5H3,(H,23,24)/b22-13+. The van der Waals surface area contributed by atoms with E-state index in [9.17, 15) is 4.79 Å². The number of carbonyl (C=O) groups excluding carboxylic acids is 1. The number of hydrazone groups is 1. The van der Waals surface area contributed by atoms with Gasteiger partial charge in [-0.1, -0.05) is 32.0 Å². The van der Waals surface area contributed by atoms with Crippen LogP contribution in [-0.2, 0) is 4.79 Å². The Hall–Kier alpha value is -2.82. The number of rotatable bonds is 7. The summed E-state index contributed by atoms with van der Waals surface area (Å²) in [6, 6.07) is 13.2. The molecule has 0 aliphatic rings. The monoisotopic (exact) mass is 354 g/mol. The third-order valence-electron chi connectivity index (χ3n) is 4.04. The summed E-state index contributed by atoms with van der Waals surface area (Å²) in [5.41, 5.74) is 5.60. The molecule has 138 valence electrons. The number of carbonyl (C=O) groups is 1. The zero-order valence-electron chi connectivity index (χ0n) is 15.9. The topological polar surface area (TPSA) is 59.9 Å². The number of para-hydroxylation sites is 1. The first kappa shape index (κ1) is 19.5. The fraction of sp³-hybridized carbons (Fsp3) is 0.333. The van der Waals surface area contributed by atoms with Crippen molar-refractivity contribution in [3.63, 3.8) is 0 Å². The molecule has 0 bridgehead atoms. The van der Waals surface area contributed by atoms with Crippen molar-refractivity contribution in [2.75, 3.05) is 7.11 Å². The van der Waals surface area contributed by atoms with Gasteiger partial charge in [0.05, 0.1) is 13.3 Å². The highest BCUT2D eigenvalue weighted by atomic mass is 16.5. The average molecular weight is 354 g/mol. The maximum absolute atomic E-state index is 12.1. The Bertz CT molecular complexity index is 770. The van der Waals surface area contributed by atoms with E-state index in [1.165, 1.54) is 0 Å². The first-order valence-corrected chi connectivity index (χ1v) is 8.65. The molecule has 0 radical (unpaired) electrons. The normalized spacial score (nSPS) is 12.2. The second-order valence-corrected chi connectivity index (χ2v) is 6.41. The van der Waals surface area contributed by atoms with E-state index in [1.807, 2.05) is 37.3 Å². The fourth-order valence-electron chi connectivity index (χ4n) is 2.50. The molecule has 0 spiro atoms. The lowest BCUT2D eigenvalue weighted by Crippen LogP contribution is -2.33. The Morgan fingerprint density at radius 2 is 1.85 bits per heavy atom. The molecule has 1 amide bonds. The lowest BCUT2D eigenvalue weighted by molar-refractivity contribution is -0.127. The minimum absolute atomic E-state index is 0.305. The molecule has 0 heterocycles. The third-order valence-corrected chi connectivity index (χ3v) is 4.04. The van der Waals surface area contributed by atoms with Crippen molar-refractivity contribution in [2.45, 2.75) is 39.7 Å². The van der Waals surface area contributed by atoms with Gasteiger partial charge in [0.1, 0.15) is 11.5 Å². The van der Waals surface area contributed by atoms with Gasteiger partial charge in [0, 0.05) is 0 Å². The molecule has 2 aromatic carbocycles. The van der Waals surface area contributed by atoms with Gasteiger partial charge in [-0.2, -0.15) is 5.10 Å². The molecule has 2 aromatic rings. The van der Waals surface area contributed by atoms with Crippen molar-refractivity contribution in [2.24, 2.45) is 5.10 Å². The van der Waals surface area contributed by atoms with Gasteiger partial charge in [-0.25, -0.2) is 5.43 Å². The summed E-state index contributed by atoms with van der Waals surface area (Å²) < 4.78 is 11.0. The summed E-state index contributed by atoms with van der Waals surface area (Å²) in [5, 5.41) is 4.08. The van der Waals surface area contributed by atoms with Crippen LogP contribution in [0.15, 0.2) is 47.6 Å². The number of nitrogens with zero attached hydrogens (tertiary/aromatic N) is 1. The van der Waals surface area contributed by atoms with Crippen molar-refractivity contribution in [1.82, 2.24) is 5.43 Å². The van der Waals surface area contributed by atoms with Crippen molar-refractivity contribution >= 4 is 12.1 Å². The number of methoxy groups -OCH3 is 1. The maximum Gasteiger partial charge on any atom is 0.280 e. The van der Waals surface area contributed by atoms with Gasteiger partial charge >= 0.3 is 0 Å². The van der Waals surface area contributed by atoms with Crippen LogP contribution in [-0.4, -0.2) is 25.3 Å². The molecule has 0 aromatic heterocycles. The zero-order valence-corrected chi connectivity index (χ0v) is 15.9. The van der Waals surface area contributed by atoms with Crippen LogP contribution >= 0.6 is 0 Å². The zero-order chi connectivity index (χ0) is 19.1. The maximum atomic E-state index is 12.1. The van der Waals surface area contributed by atoms with Crippen LogP contribution in [0.1, 0.15) is 43.4 Å². The summed E-state index contributed by atoms with van der Waals surface area (Å²) in [6.07, 6.45) is 1.01. The van der Waals surface area contributed by atoms with Gasteiger partial charge in [0.2, 0.25) is 0 Å². The number of aryl methyl sites for hydroxylation is 1. The Morgan fingerprint density at radius 3 is 2.46 bits per heavy atom. The molecule has 5 heteroatoms. The second kappa shape index (κ2) is 9.04. The second-order valence-electron chi connectivity index (χ2n) is 6.41. The lowest BCUT2D eigenvalue weighted by Gasteiger charge is -2.14. The molecule has 1 atom stereocenters. The third kappa shape index (κ3) is 5.09. The summed E-state index contributed by atoms with van der Waals surface area (Å²) in [6.45, 7) is 7.89. The molecule has 0 saturated carbocycles. The molecule has 0 aliphatic carbocycles. The number of ether oxygens (including phenoxy) is 2. The van der Waals surface area contributed by atoms with Crippen LogP contribution in [0.2, 0.25) is 0 Å². The van der Waals surface area contributed by atoms with Crippen molar-refractivity contribution < 1.29 is 14.3 Å². The minimum Gasteiger partial charge on any atom is -0.496 e. The van der Waals surface area contributed by atoms with E-state index in [4.69, 9.17) is 9.47 Å².